The summed E-state index contributed by atoms with van der Waals surface area (Å²) >= 11 is 0. The zero-order chi connectivity index (χ0) is 31.1. The fraction of sp³-hybridized carbons (Fsp3) is 0.0250. The van der Waals surface area contributed by atoms with Gasteiger partial charge in [0, 0.05) is 22.3 Å². The molecule has 0 unspecified atom stereocenters. The second-order valence-corrected chi connectivity index (χ2v) is 12.0. The van der Waals surface area contributed by atoms with Crippen molar-refractivity contribution in [3.05, 3.63) is 157 Å². The van der Waals surface area contributed by atoms with Gasteiger partial charge in [-0.3, -0.25) is 0 Å². The number of hydrogen-bond acceptors (Lipinski definition) is 4. The second-order valence-electron chi connectivity index (χ2n) is 12.0. The Morgan fingerprint density at radius 1 is 0.391 bits per heavy atom. The van der Waals surface area contributed by atoms with E-state index in [0.29, 0.717) is 17.5 Å². The summed E-state index contributed by atoms with van der Waals surface area (Å²) in [6.45, 7) is 0. The van der Waals surface area contributed by atoms with Crippen molar-refractivity contribution in [2.75, 3.05) is 0 Å². The van der Waals surface area contributed by atoms with Crippen molar-refractivity contribution >= 4 is 15.7 Å². The molecule has 1 aliphatic heterocycles. The van der Waals surface area contributed by atoms with Crippen molar-refractivity contribution in [2.45, 2.75) is 5.40 Å². The maximum absolute atomic E-state index is 6.42. The third kappa shape index (κ3) is 5.08. The Kier molecular flexibility index (Phi) is 6.84. The van der Waals surface area contributed by atoms with E-state index in [-0.39, 0.29) is 0 Å². The van der Waals surface area contributed by atoms with Crippen LogP contribution in [0.25, 0.3) is 67.5 Å². The molecule has 8 rings (SSSR count). The normalized spacial score (nSPS) is 12.9. The van der Waals surface area contributed by atoms with Crippen LogP contribution in [0.1, 0.15) is 5.56 Å². The number of para-hydroxylation sites is 1. The van der Waals surface area contributed by atoms with E-state index in [0.717, 1.165) is 39.1 Å². The lowest BCUT2D eigenvalue weighted by molar-refractivity contribution is 0.241. The highest BCUT2D eigenvalue weighted by Gasteiger charge is 2.33. The fourth-order valence-electron chi connectivity index (χ4n) is 6.27. The molecule has 2 heterocycles. The standard InChI is InChI=1S/C40H29B2N3O/c41-40(42)34-16-9-15-32(36(34)33-14-7-8-17-35(33)46-40)28-20-24-31(25-21-28)39-44-37(29-12-5-2-6-13-29)43-38(45-39)30-22-18-27(19-23-30)26-10-3-1-4-11-26/h1-25H,41-42H2. The fourth-order valence-corrected chi connectivity index (χ4v) is 6.27. The van der Waals surface area contributed by atoms with Crippen molar-refractivity contribution in [3.8, 4) is 73.3 Å². The number of nitrogens with zero attached hydrogens (tertiary/aromatic N) is 3. The predicted octanol–water partition coefficient (Wildman–Crippen LogP) is 7.64. The van der Waals surface area contributed by atoms with Crippen LogP contribution in [0.2, 0.25) is 0 Å². The Hall–Kier alpha value is -5.74. The molecule has 0 fully saturated rings. The van der Waals surface area contributed by atoms with Crippen LogP contribution >= 0.6 is 0 Å². The van der Waals surface area contributed by atoms with E-state index in [9.17, 15) is 0 Å². The number of ether oxygens (including phenoxy) is 1. The Bertz CT molecular complexity index is 2180. The zero-order valence-corrected chi connectivity index (χ0v) is 25.7. The first-order valence-corrected chi connectivity index (χ1v) is 15.5. The molecule has 46 heavy (non-hydrogen) atoms. The summed E-state index contributed by atoms with van der Waals surface area (Å²) in [5, 5.41) is -0.436. The predicted molar refractivity (Wildman–Crippen MR) is 192 cm³/mol. The molecule has 0 saturated carbocycles. The van der Waals surface area contributed by atoms with Gasteiger partial charge in [0.1, 0.15) is 5.75 Å². The summed E-state index contributed by atoms with van der Waals surface area (Å²) in [4.78, 5) is 14.8. The summed E-state index contributed by atoms with van der Waals surface area (Å²) in [7, 11) is 4.26. The van der Waals surface area contributed by atoms with E-state index in [4.69, 9.17) is 19.7 Å². The molecule has 0 bridgehead atoms. The SMILES string of the molecule is BC1(B)Oc2ccccc2-c2c(-c3ccc(-c4nc(-c5ccccc5)nc(-c5ccc(-c6ccccc6)cc5)n4)cc3)cccc21. The van der Waals surface area contributed by atoms with Crippen LogP contribution in [0.4, 0.5) is 0 Å². The Morgan fingerprint density at radius 2 is 0.826 bits per heavy atom. The van der Waals surface area contributed by atoms with Crippen molar-refractivity contribution < 1.29 is 4.74 Å². The summed E-state index contributed by atoms with van der Waals surface area (Å²) in [6, 6.07) is 52.2. The average molecular weight is 589 g/mol. The molecule has 6 heteroatoms. The molecule has 4 nitrogen and oxygen atoms in total. The molecule has 0 spiro atoms. The van der Waals surface area contributed by atoms with Gasteiger partial charge in [0.2, 0.25) is 0 Å². The van der Waals surface area contributed by atoms with E-state index in [1.807, 2.05) is 42.5 Å². The lowest BCUT2D eigenvalue weighted by Crippen LogP contribution is -2.37. The largest absolute Gasteiger partial charge is 0.500 e. The first kappa shape index (κ1) is 27.8. The number of aromatic nitrogens is 3. The Morgan fingerprint density at radius 3 is 1.43 bits per heavy atom. The minimum absolute atomic E-state index is 0.436. The minimum atomic E-state index is -0.436. The molecule has 0 radical (unpaired) electrons. The van der Waals surface area contributed by atoms with Gasteiger partial charge < -0.3 is 4.74 Å². The van der Waals surface area contributed by atoms with E-state index >= 15 is 0 Å². The van der Waals surface area contributed by atoms with Gasteiger partial charge in [-0.15, -0.1) is 0 Å². The zero-order valence-electron chi connectivity index (χ0n) is 25.7. The Labute approximate surface area is 270 Å². The molecule has 0 N–H and O–H groups in total. The summed E-state index contributed by atoms with van der Waals surface area (Å²) in [5.74, 6) is 2.83. The van der Waals surface area contributed by atoms with Crippen LogP contribution < -0.4 is 4.74 Å². The van der Waals surface area contributed by atoms with Gasteiger partial charge >= 0.3 is 0 Å². The average Bonchev–Trinajstić information content (AvgIpc) is 3.12. The molecule has 0 saturated heterocycles. The number of hydrogen-bond donors (Lipinski definition) is 0. The molecule has 6 aromatic carbocycles. The van der Waals surface area contributed by atoms with Crippen molar-refractivity contribution in [2.24, 2.45) is 0 Å². The minimum Gasteiger partial charge on any atom is -0.500 e. The molecular weight excluding hydrogens is 560 g/mol. The maximum Gasteiger partial charge on any atom is 0.164 e. The first-order chi connectivity index (χ1) is 22.5. The van der Waals surface area contributed by atoms with Crippen LogP contribution in [0.3, 0.4) is 0 Å². The van der Waals surface area contributed by atoms with E-state index < -0.39 is 5.40 Å². The van der Waals surface area contributed by atoms with Gasteiger partial charge in [-0.05, 0) is 39.4 Å². The first-order valence-electron chi connectivity index (χ1n) is 15.5. The number of fused-ring (bicyclic) bond motifs is 3. The lowest BCUT2D eigenvalue weighted by atomic mass is 9.58. The van der Waals surface area contributed by atoms with Crippen LogP contribution in [-0.4, -0.2) is 30.6 Å². The van der Waals surface area contributed by atoms with Crippen molar-refractivity contribution in [1.29, 1.82) is 0 Å². The number of benzene rings is 6. The third-order valence-electron chi connectivity index (χ3n) is 8.61. The molecule has 1 aromatic heterocycles. The van der Waals surface area contributed by atoms with Crippen molar-refractivity contribution in [1.82, 2.24) is 15.0 Å². The van der Waals surface area contributed by atoms with Crippen LogP contribution in [-0.2, 0) is 5.40 Å². The molecule has 0 amide bonds. The van der Waals surface area contributed by atoms with E-state index in [1.54, 1.807) is 0 Å². The van der Waals surface area contributed by atoms with Crippen LogP contribution in [0.15, 0.2) is 152 Å². The van der Waals surface area contributed by atoms with Crippen LogP contribution in [0, 0.1) is 0 Å². The molecule has 7 aromatic rings. The van der Waals surface area contributed by atoms with Gasteiger partial charge in [-0.25, -0.2) is 15.0 Å². The van der Waals surface area contributed by atoms with E-state index in [1.165, 1.54) is 22.3 Å². The highest BCUT2D eigenvalue weighted by atomic mass is 16.5. The molecule has 0 aliphatic carbocycles. The van der Waals surface area contributed by atoms with Gasteiger partial charge in [0.05, 0.1) is 5.40 Å². The molecule has 0 atom stereocenters. The molecule has 216 valence electrons. The summed E-state index contributed by atoms with van der Waals surface area (Å²) in [5.41, 5.74) is 11.0. The monoisotopic (exact) mass is 589 g/mol. The van der Waals surface area contributed by atoms with Crippen LogP contribution in [0.5, 0.6) is 5.75 Å². The Balaban J connectivity index is 1.20. The van der Waals surface area contributed by atoms with Gasteiger partial charge in [-0.1, -0.05) is 146 Å². The smallest absolute Gasteiger partial charge is 0.164 e. The van der Waals surface area contributed by atoms with Gasteiger partial charge in [-0.2, -0.15) is 0 Å². The molecular formula is C40H29B2N3O. The summed E-state index contributed by atoms with van der Waals surface area (Å²) in [6.07, 6.45) is 0. The maximum atomic E-state index is 6.42. The quantitative estimate of drug-likeness (QED) is 0.194. The van der Waals surface area contributed by atoms with Gasteiger partial charge in [0.15, 0.2) is 33.2 Å². The van der Waals surface area contributed by atoms with E-state index in [2.05, 4.69) is 125 Å². The van der Waals surface area contributed by atoms with Crippen molar-refractivity contribution in [3.63, 3.8) is 0 Å². The highest BCUT2D eigenvalue weighted by Crippen LogP contribution is 2.47. The van der Waals surface area contributed by atoms with Gasteiger partial charge in [0.25, 0.3) is 0 Å². The highest BCUT2D eigenvalue weighted by molar-refractivity contribution is 6.40. The second kappa shape index (κ2) is 11.3. The topological polar surface area (TPSA) is 47.9 Å². The lowest BCUT2D eigenvalue weighted by Gasteiger charge is -2.36. The molecule has 1 aliphatic rings. The summed E-state index contributed by atoms with van der Waals surface area (Å²) < 4.78 is 6.42. The third-order valence-corrected chi connectivity index (χ3v) is 8.61. The number of rotatable bonds is 5.